The average molecular weight is 426 g/mol. The molecule has 0 fully saturated rings. The van der Waals surface area contributed by atoms with Gasteiger partial charge in [-0.2, -0.15) is 0 Å². The second-order valence-electron chi connectivity index (χ2n) is 6.75. The van der Waals surface area contributed by atoms with E-state index in [4.69, 9.17) is 4.74 Å². The number of halogens is 2. The van der Waals surface area contributed by atoms with Gasteiger partial charge in [-0.05, 0) is 56.7 Å². The number of carbonyl (C=O) groups is 1. The van der Waals surface area contributed by atoms with Crippen LogP contribution >= 0.6 is 0 Å². The van der Waals surface area contributed by atoms with E-state index in [9.17, 15) is 22.0 Å². The van der Waals surface area contributed by atoms with Gasteiger partial charge in [0.2, 0.25) is 15.9 Å². The molecule has 0 radical (unpaired) electrons. The van der Waals surface area contributed by atoms with Gasteiger partial charge in [-0.15, -0.1) is 0 Å². The molecule has 2 aromatic rings. The summed E-state index contributed by atoms with van der Waals surface area (Å²) < 4.78 is 58.2. The lowest BCUT2D eigenvalue weighted by Crippen LogP contribution is -2.32. The maximum atomic E-state index is 13.2. The van der Waals surface area contributed by atoms with E-state index in [0.29, 0.717) is 11.8 Å². The van der Waals surface area contributed by atoms with Crippen LogP contribution in [-0.4, -0.2) is 27.0 Å². The third kappa shape index (κ3) is 6.79. The van der Waals surface area contributed by atoms with E-state index in [1.165, 1.54) is 0 Å². The first-order valence-electron chi connectivity index (χ1n) is 9.09. The molecule has 0 aliphatic heterocycles. The normalized spacial score (nSPS) is 12.6. The van der Waals surface area contributed by atoms with Crippen LogP contribution < -0.4 is 14.8 Å². The molecule has 6 nitrogen and oxygen atoms in total. The van der Waals surface area contributed by atoms with Crippen molar-refractivity contribution in [2.75, 3.05) is 6.54 Å². The van der Waals surface area contributed by atoms with E-state index in [1.54, 1.807) is 6.92 Å². The predicted octanol–water partition coefficient (Wildman–Crippen LogP) is 3.30. The molecule has 0 spiro atoms. The van der Waals surface area contributed by atoms with Crippen molar-refractivity contribution in [1.82, 2.24) is 10.0 Å². The summed E-state index contributed by atoms with van der Waals surface area (Å²) in [6, 6.07) is 9.30. The van der Waals surface area contributed by atoms with Gasteiger partial charge in [0.25, 0.3) is 0 Å². The van der Waals surface area contributed by atoms with Crippen molar-refractivity contribution in [2.24, 2.45) is 0 Å². The minimum Gasteiger partial charge on any atom is -0.491 e. The fraction of sp³-hybridized carbons (Fsp3) is 0.350. The van der Waals surface area contributed by atoms with E-state index in [2.05, 4.69) is 10.0 Å². The molecule has 0 aromatic heterocycles. The molecule has 0 saturated carbocycles. The lowest BCUT2D eigenvalue weighted by Gasteiger charge is -2.17. The lowest BCUT2D eigenvalue weighted by atomic mass is 10.1. The fourth-order valence-corrected chi connectivity index (χ4v) is 3.60. The number of amides is 1. The van der Waals surface area contributed by atoms with Gasteiger partial charge in [0.1, 0.15) is 5.75 Å². The Hall–Kier alpha value is -2.52. The molecule has 0 bridgehead atoms. The minimum atomic E-state index is -4.05. The first-order chi connectivity index (χ1) is 13.6. The van der Waals surface area contributed by atoms with Gasteiger partial charge in [0.05, 0.1) is 17.0 Å². The molecule has 29 heavy (non-hydrogen) atoms. The van der Waals surface area contributed by atoms with Crippen LogP contribution in [0, 0.1) is 11.6 Å². The van der Waals surface area contributed by atoms with E-state index in [0.717, 1.165) is 17.7 Å². The standard InChI is InChI=1S/C20H24F2N2O4S/c1-13(2)28-16-6-4-5-15(11-16)14(3)24-20(25)9-10-23-29(26,27)17-7-8-18(21)19(22)12-17/h4-8,11-14,23H,9-10H2,1-3H3,(H,24,25). The van der Waals surface area contributed by atoms with Crippen LogP contribution in [-0.2, 0) is 14.8 Å². The SMILES string of the molecule is CC(C)Oc1cccc(C(C)NC(=O)CCNS(=O)(=O)c2ccc(F)c(F)c2)c1. The molecule has 2 rings (SSSR count). The average Bonchev–Trinajstić information content (AvgIpc) is 2.63. The number of ether oxygens (including phenoxy) is 1. The van der Waals surface area contributed by atoms with Crippen LogP contribution in [0.2, 0.25) is 0 Å². The number of sulfonamides is 1. The summed E-state index contributed by atoms with van der Waals surface area (Å²) in [5.74, 6) is -2.07. The predicted molar refractivity (Wildman–Crippen MR) is 105 cm³/mol. The van der Waals surface area contributed by atoms with Crippen molar-refractivity contribution in [2.45, 2.75) is 44.2 Å². The molecule has 2 N–H and O–H groups in total. The maximum absolute atomic E-state index is 13.2. The number of nitrogens with one attached hydrogen (secondary N) is 2. The molecule has 0 aliphatic rings. The highest BCUT2D eigenvalue weighted by molar-refractivity contribution is 7.89. The van der Waals surface area contributed by atoms with Crippen LogP contribution in [0.3, 0.4) is 0 Å². The zero-order valence-electron chi connectivity index (χ0n) is 16.4. The Morgan fingerprint density at radius 1 is 1.07 bits per heavy atom. The molecule has 0 heterocycles. The Kier molecular flexibility index (Phi) is 7.69. The van der Waals surface area contributed by atoms with Crippen molar-refractivity contribution in [3.05, 3.63) is 59.7 Å². The van der Waals surface area contributed by atoms with E-state index in [-0.39, 0.29) is 31.0 Å². The number of hydrogen-bond acceptors (Lipinski definition) is 4. The number of hydrogen-bond donors (Lipinski definition) is 2. The summed E-state index contributed by atoms with van der Waals surface area (Å²) in [5.41, 5.74) is 0.846. The van der Waals surface area contributed by atoms with Crippen molar-refractivity contribution in [3.63, 3.8) is 0 Å². The summed E-state index contributed by atoms with van der Waals surface area (Å²) >= 11 is 0. The van der Waals surface area contributed by atoms with Gasteiger partial charge < -0.3 is 10.1 Å². The topological polar surface area (TPSA) is 84.5 Å². The maximum Gasteiger partial charge on any atom is 0.240 e. The van der Waals surface area contributed by atoms with Crippen molar-refractivity contribution in [3.8, 4) is 5.75 Å². The van der Waals surface area contributed by atoms with Gasteiger partial charge in [-0.1, -0.05) is 12.1 Å². The van der Waals surface area contributed by atoms with Crippen LogP contribution in [0.4, 0.5) is 8.78 Å². The third-order valence-electron chi connectivity index (χ3n) is 3.95. The summed E-state index contributed by atoms with van der Waals surface area (Å²) in [4.78, 5) is 11.7. The zero-order valence-corrected chi connectivity index (χ0v) is 17.2. The minimum absolute atomic E-state index is 0.0257. The van der Waals surface area contributed by atoms with E-state index in [1.807, 2.05) is 38.1 Å². The van der Waals surface area contributed by atoms with Crippen LogP contribution in [0.25, 0.3) is 0 Å². The summed E-state index contributed by atoms with van der Waals surface area (Å²) in [5, 5.41) is 2.78. The third-order valence-corrected chi connectivity index (χ3v) is 5.41. The second kappa shape index (κ2) is 9.80. The molecular formula is C20H24F2N2O4S. The summed E-state index contributed by atoms with van der Waals surface area (Å²) in [6.07, 6.45) is -0.0899. The number of carbonyl (C=O) groups excluding carboxylic acids is 1. The molecule has 0 saturated heterocycles. The van der Waals surface area contributed by atoms with Gasteiger partial charge >= 0.3 is 0 Å². The summed E-state index contributed by atoms with van der Waals surface area (Å²) in [7, 11) is -4.05. The van der Waals surface area contributed by atoms with Gasteiger partial charge in [0, 0.05) is 13.0 Å². The molecule has 1 amide bonds. The van der Waals surface area contributed by atoms with Gasteiger partial charge in [-0.3, -0.25) is 4.79 Å². The second-order valence-corrected chi connectivity index (χ2v) is 8.52. The van der Waals surface area contributed by atoms with E-state index < -0.39 is 26.6 Å². The molecule has 2 aromatic carbocycles. The Balaban J connectivity index is 1.88. The van der Waals surface area contributed by atoms with E-state index >= 15 is 0 Å². The van der Waals surface area contributed by atoms with Crippen molar-refractivity contribution >= 4 is 15.9 Å². The van der Waals surface area contributed by atoms with Crippen molar-refractivity contribution < 1.29 is 26.7 Å². The molecule has 1 atom stereocenters. The van der Waals surface area contributed by atoms with Crippen LogP contribution in [0.5, 0.6) is 5.75 Å². The Labute approximate surface area is 169 Å². The highest BCUT2D eigenvalue weighted by atomic mass is 32.2. The molecule has 158 valence electrons. The zero-order chi connectivity index (χ0) is 21.6. The number of benzene rings is 2. The summed E-state index contributed by atoms with van der Waals surface area (Å²) in [6.45, 7) is 5.45. The molecular weight excluding hydrogens is 402 g/mol. The first kappa shape index (κ1) is 22.8. The molecule has 9 heteroatoms. The smallest absolute Gasteiger partial charge is 0.240 e. The Bertz CT molecular complexity index is 965. The monoisotopic (exact) mass is 426 g/mol. The van der Waals surface area contributed by atoms with Gasteiger partial charge in [-0.25, -0.2) is 21.9 Å². The highest BCUT2D eigenvalue weighted by Gasteiger charge is 2.17. The van der Waals surface area contributed by atoms with Crippen LogP contribution in [0.1, 0.15) is 38.8 Å². The Morgan fingerprint density at radius 3 is 2.45 bits per heavy atom. The Morgan fingerprint density at radius 2 is 1.79 bits per heavy atom. The molecule has 0 aliphatic carbocycles. The first-order valence-corrected chi connectivity index (χ1v) is 10.6. The lowest BCUT2D eigenvalue weighted by molar-refractivity contribution is -0.121. The largest absolute Gasteiger partial charge is 0.491 e. The quantitative estimate of drug-likeness (QED) is 0.644. The van der Waals surface area contributed by atoms with Gasteiger partial charge in [0.15, 0.2) is 11.6 Å². The highest BCUT2D eigenvalue weighted by Crippen LogP contribution is 2.20. The molecule has 1 unspecified atom stereocenters. The van der Waals surface area contributed by atoms with Crippen molar-refractivity contribution in [1.29, 1.82) is 0 Å². The van der Waals surface area contributed by atoms with Crippen LogP contribution in [0.15, 0.2) is 47.4 Å². The number of rotatable bonds is 9. The fourth-order valence-electron chi connectivity index (χ4n) is 2.55.